The summed E-state index contributed by atoms with van der Waals surface area (Å²) in [6, 6.07) is 0. The van der Waals surface area contributed by atoms with Gasteiger partial charge in [0.25, 0.3) is 0 Å². The van der Waals surface area contributed by atoms with E-state index in [1.54, 1.807) is 0 Å². The van der Waals surface area contributed by atoms with Crippen LogP contribution in [0.1, 0.15) is 52.4 Å². The normalized spacial score (nSPS) is 21.1. The Kier molecular flexibility index (Phi) is 4.58. The second-order valence-electron chi connectivity index (χ2n) is 5.06. The predicted molar refractivity (Wildman–Crippen MR) is 60.4 cm³/mol. The maximum Gasteiger partial charge on any atom is 0.326 e. The molecule has 2 N–H and O–H groups in total. The molecule has 0 aliphatic heterocycles. The number of nitrogens with two attached hydrogens (primary N) is 1. The number of ether oxygens (including phenoxy) is 1. The minimum Gasteiger partial charge on any atom is -0.464 e. The number of esters is 1. The maximum absolute atomic E-state index is 11.8. The molecule has 0 amide bonds. The van der Waals surface area contributed by atoms with Gasteiger partial charge in [-0.3, -0.25) is 4.79 Å². The van der Waals surface area contributed by atoms with E-state index >= 15 is 0 Å². The Labute approximate surface area is 92.4 Å². The van der Waals surface area contributed by atoms with E-state index in [9.17, 15) is 4.79 Å². The minimum atomic E-state index is -0.703. The molecule has 0 unspecified atom stereocenters. The van der Waals surface area contributed by atoms with E-state index < -0.39 is 5.54 Å². The molecular formula is C12H23NO2. The lowest BCUT2D eigenvalue weighted by molar-refractivity contribution is -0.151. The summed E-state index contributed by atoms with van der Waals surface area (Å²) in [7, 11) is 0. The average molecular weight is 213 g/mol. The fraction of sp³-hybridized carbons (Fsp3) is 0.917. The van der Waals surface area contributed by atoms with Crippen LogP contribution >= 0.6 is 0 Å². The topological polar surface area (TPSA) is 52.3 Å². The van der Waals surface area contributed by atoms with Gasteiger partial charge in [-0.25, -0.2) is 0 Å². The van der Waals surface area contributed by atoms with Gasteiger partial charge in [-0.2, -0.15) is 0 Å². The van der Waals surface area contributed by atoms with Crippen molar-refractivity contribution in [3.05, 3.63) is 0 Å². The zero-order valence-corrected chi connectivity index (χ0v) is 9.92. The Balaban J connectivity index is 2.47. The van der Waals surface area contributed by atoms with Gasteiger partial charge in [0.15, 0.2) is 0 Å². The van der Waals surface area contributed by atoms with Crippen LogP contribution in [0.4, 0.5) is 0 Å². The second-order valence-corrected chi connectivity index (χ2v) is 5.06. The number of carbonyl (C=O) groups excluding carboxylic acids is 1. The average Bonchev–Trinajstić information content (AvgIpc) is 2.40. The number of hydrogen-bond acceptors (Lipinski definition) is 3. The molecule has 0 bridgehead atoms. The van der Waals surface area contributed by atoms with E-state index in [1.165, 1.54) is 12.8 Å². The fourth-order valence-corrected chi connectivity index (χ4v) is 1.95. The van der Waals surface area contributed by atoms with Gasteiger partial charge in [0, 0.05) is 0 Å². The van der Waals surface area contributed by atoms with Gasteiger partial charge in [0.05, 0.1) is 6.61 Å². The molecule has 0 spiro atoms. The SMILES string of the molecule is CC(C)COC(=O)C1(N)CCCCCC1. The van der Waals surface area contributed by atoms with Crippen molar-refractivity contribution >= 4 is 5.97 Å². The zero-order chi connectivity index (χ0) is 11.3. The van der Waals surface area contributed by atoms with Gasteiger partial charge in [-0.1, -0.05) is 39.5 Å². The number of rotatable bonds is 3. The molecule has 0 saturated heterocycles. The maximum atomic E-state index is 11.8. The first-order valence-electron chi connectivity index (χ1n) is 6.01. The molecular weight excluding hydrogens is 190 g/mol. The Hall–Kier alpha value is -0.570. The second kappa shape index (κ2) is 5.50. The smallest absolute Gasteiger partial charge is 0.326 e. The highest BCUT2D eigenvalue weighted by atomic mass is 16.5. The quantitative estimate of drug-likeness (QED) is 0.578. The van der Waals surface area contributed by atoms with Crippen molar-refractivity contribution in [1.82, 2.24) is 0 Å². The lowest BCUT2D eigenvalue weighted by atomic mass is 9.92. The summed E-state index contributed by atoms with van der Waals surface area (Å²) in [5.74, 6) is 0.182. The molecule has 3 nitrogen and oxygen atoms in total. The fourth-order valence-electron chi connectivity index (χ4n) is 1.95. The Morgan fingerprint density at radius 3 is 2.27 bits per heavy atom. The van der Waals surface area contributed by atoms with E-state index in [0.717, 1.165) is 25.7 Å². The highest BCUT2D eigenvalue weighted by Crippen LogP contribution is 2.26. The predicted octanol–water partition coefficient (Wildman–Crippen LogP) is 2.24. The van der Waals surface area contributed by atoms with Crippen LogP contribution in [0, 0.1) is 5.92 Å². The Morgan fingerprint density at radius 1 is 1.27 bits per heavy atom. The molecule has 0 aromatic heterocycles. The largest absolute Gasteiger partial charge is 0.464 e. The highest BCUT2D eigenvalue weighted by Gasteiger charge is 2.35. The van der Waals surface area contributed by atoms with Crippen molar-refractivity contribution < 1.29 is 9.53 Å². The van der Waals surface area contributed by atoms with Gasteiger partial charge in [0.2, 0.25) is 0 Å². The van der Waals surface area contributed by atoms with Gasteiger partial charge in [-0.15, -0.1) is 0 Å². The Bertz CT molecular complexity index is 206. The summed E-state index contributed by atoms with van der Waals surface area (Å²) in [6.45, 7) is 4.55. The zero-order valence-electron chi connectivity index (χ0n) is 9.92. The van der Waals surface area contributed by atoms with Crippen LogP contribution in [0.5, 0.6) is 0 Å². The van der Waals surface area contributed by atoms with Crippen LogP contribution < -0.4 is 5.73 Å². The van der Waals surface area contributed by atoms with Crippen molar-refractivity contribution in [2.24, 2.45) is 11.7 Å². The Morgan fingerprint density at radius 2 is 1.80 bits per heavy atom. The molecule has 88 valence electrons. The molecule has 0 aromatic carbocycles. The molecule has 1 rings (SSSR count). The van der Waals surface area contributed by atoms with E-state index in [0.29, 0.717) is 12.5 Å². The van der Waals surface area contributed by atoms with Crippen LogP contribution in [0.3, 0.4) is 0 Å². The molecule has 0 radical (unpaired) electrons. The summed E-state index contributed by atoms with van der Waals surface area (Å²) in [5, 5.41) is 0. The lowest BCUT2D eigenvalue weighted by Crippen LogP contribution is -2.48. The summed E-state index contributed by atoms with van der Waals surface area (Å²) in [5.41, 5.74) is 5.41. The van der Waals surface area contributed by atoms with Crippen LogP contribution in [-0.2, 0) is 9.53 Å². The van der Waals surface area contributed by atoms with Crippen LogP contribution in [0.25, 0.3) is 0 Å². The monoisotopic (exact) mass is 213 g/mol. The molecule has 1 saturated carbocycles. The number of hydrogen-bond donors (Lipinski definition) is 1. The summed E-state index contributed by atoms with van der Waals surface area (Å²) in [4.78, 5) is 11.8. The first-order valence-corrected chi connectivity index (χ1v) is 6.01. The van der Waals surface area contributed by atoms with E-state index in [4.69, 9.17) is 10.5 Å². The van der Waals surface area contributed by atoms with Crippen molar-refractivity contribution in [2.45, 2.75) is 57.9 Å². The molecule has 1 fully saturated rings. The molecule has 0 aromatic rings. The van der Waals surface area contributed by atoms with Crippen molar-refractivity contribution in [3.8, 4) is 0 Å². The third kappa shape index (κ3) is 3.82. The molecule has 1 aliphatic rings. The lowest BCUT2D eigenvalue weighted by Gasteiger charge is -2.25. The molecule has 0 heterocycles. The molecule has 3 heteroatoms. The van der Waals surface area contributed by atoms with Gasteiger partial charge >= 0.3 is 5.97 Å². The van der Waals surface area contributed by atoms with Crippen LogP contribution in [0.2, 0.25) is 0 Å². The minimum absolute atomic E-state index is 0.196. The summed E-state index contributed by atoms with van der Waals surface area (Å²) >= 11 is 0. The van der Waals surface area contributed by atoms with Crippen molar-refractivity contribution in [1.29, 1.82) is 0 Å². The molecule has 15 heavy (non-hydrogen) atoms. The highest BCUT2D eigenvalue weighted by molar-refractivity contribution is 5.80. The molecule has 0 atom stereocenters. The third-order valence-corrected chi connectivity index (χ3v) is 2.95. The molecule has 1 aliphatic carbocycles. The summed E-state index contributed by atoms with van der Waals surface area (Å²) in [6.07, 6.45) is 6.04. The first-order chi connectivity index (χ1) is 7.04. The standard InChI is InChI=1S/C12H23NO2/c1-10(2)9-15-11(14)12(13)7-5-3-4-6-8-12/h10H,3-9,13H2,1-2H3. The van der Waals surface area contributed by atoms with Crippen molar-refractivity contribution in [2.75, 3.05) is 6.61 Å². The first kappa shape index (κ1) is 12.5. The third-order valence-electron chi connectivity index (χ3n) is 2.95. The van der Waals surface area contributed by atoms with E-state index in [-0.39, 0.29) is 5.97 Å². The van der Waals surface area contributed by atoms with Gasteiger partial charge in [0.1, 0.15) is 5.54 Å². The van der Waals surface area contributed by atoms with E-state index in [1.807, 2.05) is 13.8 Å². The number of carbonyl (C=O) groups is 1. The van der Waals surface area contributed by atoms with Crippen LogP contribution in [-0.4, -0.2) is 18.1 Å². The van der Waals surface area contributed by atoms with E-state index in [2.05, 4.69) is 0 Å². The summed E-state index contributed by atoms with van der Waals surface area (Å²) < 4.78 is 5.24. The van der Waals surface area contributed by atoms with Gasteiger partial charge in [-0.05, 0) is 18.8 Å². The van der Waals surface area contributed by atoms with Crippen molar-refractivity contribution in [3.63, 3.8) is 0 Å². The van der Waals surface area contributed by atoms with Gasteiger partial charge < -0.3 is 10.5 Å². The van der Waals surface area contributed by atoms with Crippen LogP contribution in [0.15, 0.2) is 0 Å².